The van der Waals surface area contributed by atoms with Crippen LogP contribution >= 0.6 is 0 Å². The lowest BCUT2D eigenvalue weighted by Crippen LogP contribution is -2.26. The smallest absolute Gasteiger partial charge is 0.331 e. The zero-order valence-corrected chi connectivity index (χ0v) is 6.83. The topological polar surface area (TPSA) is 72.5 Å². The molecule has 0 aromatic rings. The number of hydrogen-bond donors (Lipinski definition) is 1. The maximum atomic E-state index is 10.7. The van der Waals surface area contributed by atoms with Crippen molar-refractivity contribution in [2.24, 2.45) is 0 Å². The normalized spacial score (nSPS) is 8.75. The van der Waals surface area contributed by atoms with Crippen molar-refractivity contribution in [1.29, 1.82) is 0 Å². The number of rotatable bonds is 4. The number of hydroxylamine groups is 1. The van der Waals surface area contributed by atoms with Gasteiger partial charge in [-0.15, -0.1) is 0 Å². The van der Waals surface area contributed by atoms with Gasteiger partial charge in [0.05, 0.1) is 0 Å². The van der Waals surface area contributed by atoms with Crippen molar-refractivity contribution in [3.8, 4) is 0 Å². The van der Waals surface area contributed by atoms with Gasteiger partial charge in [-0.2, -0.15) is 5.48 Å². The van der Waals surface area contributed by atoms with Crippen LogP contribution in [0.4, 0.5) is 0 Å². The van der Waals surface area contributed by atoms with Crippen molar-refractivity contribution in [2.45, 2.75) is 26.2 Å². The predicted octanol–water partition coefficient (Wildman–Crippen LogP) is -0.0501. The molecule has 0 saturated carbocycles. The van der Waals surface area contributed by atoms with Gasteiger partial charge in [0.2, 0.25) is 0 Å². The summed E-state index contributed by atoms with van der Waals surface area (Å²) in [4.78, 5) is 35.3. The van der Waals surface area contributed by atoms with E-state index in [-0.39, 0.29) is 19.3 Å². The number of hydrogen-bond acceptors (Lipinski definition) is 4. The van der Waals surface area contributed by atoms with Gasteiger partial charge in [-0.1, -0.05) is 6.92 Å². The molecule has 5 heteroatoms. The Hall–Kier alpha value is -1.39. The van der Waals surface area contributed by atoms with E-state index in [9.17, 15) is 14.4 Å². The van der Waals surface area contributed by atoms with Crippen molar-refractivity contribution < 1.29 is 19.2 Å². The molecule has 0 aliphatic rings. The van der Waals surface area contributed by atoms with Crippen molar-refractivity contribution in [1.82, 2.24) is 5.48 Å². The van der Waals surface area contributed by atoms with E-state index in [4.69, 9.17) is 0 Å². The lowest BCUT2D eigenvalue weighted by Gasteiger charge is -2.01. The van der Waals surface area contributed by atoms with Gasteiger partial charge in [-0.05, 0) is 0 Å². The van der Waals surface area contributed by atoms with Crippen LogP contribution in [0.1, 0.15) is 26.2 Å². The first-order valence-electron chi connectivity index (χ1n) is 3.62. The van der Waals surface area contributed by atoms with E-state index in [0.717, 1.165) is 0 Å². The van der Waals surface area contributed by atoms with Crippen molar-refractivity contribution in [3.63, 3.8) is 0 Å². The van der Waals surface area contributed by atoms with E-state index in [1.165, 1.54) is 0 Å². The highest BCUT2D eigenvalue weighted by molar-refractivity contribution is 5.79. The van der Waals surface area contributed by atoms with Crippen molar-refractivity contribution in [3.05, 3.63) is 0 Å². The maximum Gasteiger partial charge on any atom is 0.331 e. The van der Waals surface area contributed by atoms with Crippen LogP contribution in [0, 0.1) is 0 Å². The molecule has 5 nitrogen and oxygen atoms in total. The summed E-state index contributed by atoms with van der Waals surface area (Å²) < 4.78 is 0. The Morgan fingerprint density at radius 2 is 2.17 bits per heavy atom. The van der Waals surface area contributed by atoms with Crippen molar-refractivity contribution in [2.75, 3.05) is 0 Å². The standard InChI is InChI=1S/C7H11NO4/c1-2-7(11)12-8-6(10)4-3-5-9/h5H,2-4H2,1H3,(H,8,10). The highest BCUT2D eigenvalue weighted by Crippen LogP contribution is 1.85. The Kier molecular flexibility index (Phi) is 5.60. The monoisotopic (exact) mass is 173 g/mol. The summed E-state index contributed by atoms with van der Waals surface area (Å²) in [7, 11) is 0. The van der Waals surface area contributed by atoms with Crippen molar-refractivity contribution >= 4 is 18.2 Å². The minimum absolute atomic E-state index is 0.0422. The zero-order valence-electron chi connectivity index (χ0n) is 6.83. The molecule has 0 aromatic carbocycles. The molecule has 0 aliphatic carbocycles. The average molecular weight is 173 g/mol. The second-order valence-corrected chi connectivity index (χ2v) is 2.06. The molecule has 0 radical (unpaired) electrons. The van der Waals surface area contributed by atoms with Crippen LogP contribution in [-0.4, -0.2) is 18.2 Å². The zero-order chi connectivity index (χ0) is 9.40. The average Bonchev–Trinajstić information content (AvgIpc) is 2.10. The third-order valence-corrected chi connectivity index (χ3v) is 1.06. The van der Waals surface area contributed by atoms with Crippen LogP contribution < -0.4 is 5.48 Å². The van der Waals surface area contributed by atoms with Crippen LogP contribution in [0.25, 0.3) is 0 Å². The van der Waals surface area contributed by atoms with Gasteiger partial charge in [0.15, 0.2) is 0 Å². The quantitative estimate of drug-likeness (QED) is 0.478. The lowest BCUT2D eigenvalue weighted by atomic mass is 10.3. The minimum Gasteiger partial charge on any atom is -0.341 e. The molecule has 68 valence electrons. The van der Waals surface area contributed by atoms with E-state index in [1.54, 1.807) is 6.92 Å². The molecule has 0 aliphatic heterocycles. The van der Waals surface area contributed by atoms with Gasteiger partial charge in [0.25, 0.3) is 5.91 Å². The van der Waals surface area contributed by atoms with Crippen LogP contribution in [0.2, 0.25) is 0 Å². The highest BCUT2D eigenvalue weighted by Gasteiger charge is 2.03. The van der Waals surface area contributed by atoms with Crippen LogP contribution in [0.15, 0.2) is 0 Å². The van der Waals surface area contributed by atoms with E-state index >= 15 is 0 Å². The summed E-state index contributed by atoms with van der Waals surface area (Å²) >= 11 is 0. The molecule has 1 amide bonds. The fourth-order valence-corrected chi connectivity index (χ4v) is 0.427. The second kappa shape index (κ2) is 6.33. The first-order valence-corrected chi connectivity index (χ1v) is 3.62. The summed E-state index contributed by atoms with van der Waals surface area (Å²) in [5, 5.41) is 0. The summed E-state index contributed by atoms with van der Waals surface area (Å²) in [6, 6.07) is 0. The van der Waals surface area contributed by atoms with Gasteiger partial charge in [-0.3, -0.25) is 4.79 Å². The molecule has 12 heavy (non-hydrogen) atoms. The van der Waals surface area contributed by atoms with Crippen LogP contribution in [0.5, 0.6) is 0 Å². The fourth-order valence-electron chi connectivity index (χ4n) is 0.427. The predicted molar refractivity (Wildman–Crippen MR) is 39.8 cm³/mol. The molecule has 0 saturated heterocycles. The third kappa shape index (κ3) is 5.40. The SMILES string of the molecule is CCC(=O)ONC(=O)CCC=O. The Morgan fingerprint density at radius 1 is 1.50 bits per heavy atom. The Balaban J connectivity index is 3.43. The minimum atomic E-state index is -0.505. The van der Waals surface area contributed by atoms with Gasteiger partial charge in [0.1, 0.15) is 6.29 Å². The van der Waals surface area contributed by atoms with Gasteiger partial charge >= 0.3 is 5.97 Å². The molecule has 0 atom stereocenters. The Morgan fingerprint density at radius 3 is 2.67 bits per heavy atom. The number of carbonyl (C=O) groups excluding carboxylic acids is 3. The number of amides is 1. The lowest BCUT2D eigenvalue weighted by molar-refractivity contribution is -0.158. The summed E-state index contributed by atoms with van der Waals surface area (Å²) in [5.41, 5.74) is 1.92. The van der Waals surface area contributed by atoms with Gasteiger partial charge in [0, 0.05) is 19.3 Å². The van der Waals surface area contributed by atoms with E-state index < -0.39 is 11.9 Å². The molecule has 0 bridgehead atoms. The molecule has 0 aromatic heterocycles. The molecular weight excluding hydrogens is 162 g/mol. The molecule has 0 spiro atoms. The third-order valence-electron chi connectivity index (χ3n) is 1.06. The molecule has 1 N–H and O–H groups in total. The first-order chi connectivity index (χ1) is 5.70. The highest BCUT2D eigenvalue weighted by atomic mass is 16.7. The van der Waals surface area contributed by atoms with E-state index in [2.05, 4.69) is 4.84 Å². The maximum absolute atomic E-state index is 10.7. The molecule has 0 unspecified atom stereocenters. The second-order valence-electron chi connectivity index (χ2n) is 2.06. The molecular formula is C7H11NO4. The molecule has 0 rings (SSSR count). The largest absolute Gasteiger partial charge is 0.341 e. The van der Waals surface area contributed by atoms with Crippen LogP contribution in [-0.2, 0) is 19.2 Å². The summed E-state index contributed by atoms with van der Waals surface area (Å²) in [6.45, 7) is 1.61. The van der Waals surface area contributed by atoms with Gasteiger partial charge in [-0.25, -0.2) is 4.79 Å². The number of aldehydes is 1. The van der Waals surface area contributed by atoms with Crippen LogP contribution in [0.3, 0.4) is 0 Å². The fraction of sp³-hybridized carbons (Fsp3) is 0.571. The number of nitrogens with one attached hydrogen (secondary N) is 1. The van der Waals surface area contributed by atoms with E-state index in [1.807, 2.05) is 5.48 Å². The first kappa shape index (κ1) is 10.6. The summed E-state index contributed by atoms with van der Waals surface area (Å²) in [5.74, 6) is -0.974. The van der Waals surface area contributed by atoms with E-state index in [0.29, 0.717) is 6.29 Å². The Bertz CT molecular complexity index is 178. The summed E-state index contributed by atoms with van der Waals surface area (Å²) in [6.07, 6.45) is 1.01. The Labute approximate surface area is 70.0 Å². The van der Waals surface area contributed by atoms with Gasteiger partial charge < -0.3 is 9.63 Å². The molecule has 0 fully saturated rings. The molecule has 0 heterocycles. The number of carbonyl (C=O) groups is 3.